The maximum Gasteiger partial charge on any atom is 0.227 e. The molecule has 1 aromatic heterocycles. The maximum absolute atomic E-state index is 12.8. The van der Waals surface area contributed by atoms with E-state index >= 15 is 0 Å². The van der Waals surface area contributed by atoms with E-state index in [1.807, 2.05) is 29.2 Å². The van der Waals surface area contributed by atoms with Gasteiger partial charge in [-0.1, -0.05) is 17.3 Å². The summed E-state index contributed by atoms with van der Waals surface area (Å²) < 4.78 is 10.7. The van der Waals surface area contributed by atoms with Crippen molar-refractivity contribution in [3.63, 3.8) is 0 Å². The molecule has 3 atom stereocenters. The number of ether oxygens (including phenoxy) is 1. The highest BCUT2D eigenvalue weighted by Crippen LogP contribution is 2.34. The van der Waals surface area contributed by atoms with Gasteiger partial charge in [-0.25, -0.2) is 0 Å². The Kier molecular flexibility index (Phi) is 5.11. The van der Waals surface area contributed by atoms with Gasteiger partial charge >= 0.3 is 0 Å². The van der Waals surface area contributed by atoms with E-state index in [1.165, 1.54) is 0 Å². The van der Waals surface area contributed by atoms with Crippen LogP contribution in [0.2, 0.25) is 0 Å². The molecule has 2 aliphatic rings. The van der Waals surface area contributed by atoms with E-state index in [1.54, 1.807) is 7.11 Å². The van der Waals surface area contributed by atoms with Gasteiger partial charge in [-0.05, 0) is 44.2 Å². The van der Waals surface area contributed by atoms with Crippen molar-refractivity contribution < 1.29 is 19.2 Å². The van der Waals surface area contributed by atoms with Gasteiger partial charge in [0.25, 0.3) is 0 Å². The van der Waals surface area contributed by atoms with Crippen molar-refractivity contribution in [2.24, 2.45) is 0 Å². The van der Waals surface area contributed by atoms with Gasteiger partial charge in [-0.15, -0.1) is 0 Å². The minimum Gasteiger partial charge on any atom is -0.496 e. The van der Waals surface area contributed by atoms with Gasteiger partial charge in [0.15, 0.2) is 0 Å². The first-order valence-corrected chi connectivity index (χ1v) is 9.61. The Labute approximate surface area is 158 Å². The molecule has 7 nitrogen and oxygen atoms in total. The van der Waals surface area contributed by atoms with Gasteiger partial charge < -0.3 is 19.3 Å². The summed E-state index contributed by atoms with van der Waals surface area (Å²) >= 11 is 0. The molecule has 27 heavy (non-hydrogen) atoms. The maximum atomic E-state index is 12.8. The van der Waals surface area contributed by atoms with Crippen LogP contribution in [-0.4, -0.2) is 51.4 Å². The number of rotatable bonds is 5. The molecule has 144 valence electrons. The summed E-state index contributed by atoms with van der Waals surface area (Å²) in [5, 5.41) is 14.0. The van der Waals surface area contributed by atoms with E-state index in [9.17, 15) is 9.90 Å². The molecule has 4 rings (SSSR count). The average molecular weight is 371 g/mol. The lowest BCUT2D eigenvalue weighted by molar-refractivity contribution is -0.144. The van der Waals surface area contributed by atoms with E-state index in [0.717, 1.165) is 24.8 Å². The van der Waals surface area contributed by atoms with E-state index in [0.29, 0.717) is 43.1 Å². The SMILES string of the molecule is COc1ccccc1-c1noc(CCC(=O)N2[C@@H]3CCC[C@H]2CC(O)C3)n1. The van der Waals surface area contributed by atoms with Crippen molar-refractivity contribution >= 4 is 5.91 Å². The van der Waals surface area contributed by atoms with Crippen LogP contribution in [0.4, 0.5) is 0 Å². The second-order valence-corrected chi connectivity index (χ2v) is 7.38. The third-order valence-electron chi connectivity index (χ3n) is 5.61. The fourth-order valence-electron chi connectivity index (χ4n) is 4.40. The van der Waals surface area contributed by atoms with Gasteiger partial charge in [0.2, 0.25) is 17.6 Å². The standard InChI is InChI=1S/C20H25N3O4/c1-26-17-8-3-2-7-16(17)20-21-18(27-22-20)9-10-19(25)23-13-5-4-6-14(23)12-15(24)11-13/h2-3,7-8,13-15,24H,4-6,9-12H2,1H3/t13-,14+,15?. The smallest absolute Gasteiger partial charge is 0.227 e. The highest BCUT2D eigenvalue weighted by Gasteiger charge is 2.39. The number of amides is 1. The molecule has 0 spiro atoms. The van der Waals surface area contributed by atoms with Crippen molar-refractivity contribution in [2.45, 2.75) is 63.1 Å². The Bertz CT molecular complexity index is 792. The molecule has 3 heterocycles. The number of carbonyl (C=O) groups is 1. The number of hydrogen-bond donors (Lipinski definition) is 1. The molecule has 1 amide bonds. The first-order chi connectivity index (χ1) is 13.2. The lowest BCUT2D eigenvalue weighted by atomic mass is 9.82. The topological polar surface area (TPSA) is 88.7 Å². The Hall–Kier alpha value is -2.41. The summed E-state index contributed by atoms with van der Waals surface area (Å²) in [7, 11) is 1.60. The number of hydrogen-bond acceptors (Lipinski definition) is 6. The number of para-hydroxylation sites is 1. The molecule has 7 heteroatoms. The molecule has 2 bridgehead atoms. The van der Waals surface area contributed by atoms with Crippen LogP contribution in [0.15, 0.2) is 28.8 Å². The molecule has 2 fully saturated rings. The summed E-state index contributed by atoms with van der Waals surface area (Å²) in [6.07, 6.45) is 4.98. The molecule has 2 aliphatic heterocycles. The second kappa shape index (κ2) is 7.68. The van der Waals surface area contributed by atoms with E-state index in [2.05, 4.69) is 10.1 Å². The van der Waals surface area contributed by atoms with Gasteiger partial charge in [0, 0.05) is 24.9 Å². The van der Waals surface area contributed by atoms with E-state index in [4.69, 9.17) is 9.26 Å². The van der Waals surface area contributed by atoms with Gasteiger partial charge in [0.05, 0.1) is 18.8 Å². The van der Waals surface area contributed by atoms with E-state index < -0.39 is 0 Å². The molecule has 1 aromatic carbocycles. The number of aliphatic hydroxyl groups is 1. The highest BCUT2D eigenvalue weighted by molar-refractivity contribution is 5.77. The average Bonchev–Trinajstić information content (AvgIpc) is 3.14. The number of aliphatic hydroxyl groups excluding tert-OH is 1. The number of piperidine rings is 2. The highest BCUT2D eigenvalue weighted by atomic mass is 16.5. The second-order valence-electron chi connectivity index (χ2n) is 7.38. The molecule has 2 saturated heterocycles. The first-order valence-electron chi connectivity index (χ1n) is 9.61. The third kappa shape index (κ3) is 3.69. The Morgan fingerprint density at radius 2 is 2.04 bits per heavy atom. The van der Waals surface area contributed by atoms with Crippen LogP contribution in [-0.2, 0) is 11.2 Å². The fraction of sp³-hybridized carbons (Fsp3) is 0.550. The Morgan fingerprint density at radius 3 is 2.78 bits per heavy atom. The number of carbonyl (C=O) groups excluding carboxylic acids is 1. The molecular weight excluding hydrogens is 346 g/mol. The molecule has 0 aliphatic carbocycles. The summed E-state index contributed by atoms with van der Waals surface area (Å²) in [6.45, 7) is 0. The lowest BCUT2D eigenvalue weighted by Gasteiger charge is -2.47. The van der Waals surface area contributed by atoms with Crippen LogP contribution in [0.25, 0.3) is 11.4 Å². The quantitative estimate of drug-likeness (QED) is 0.869. The van der Waals surface area contributed by atoms with Crippen LogP contribution in [0.1, 0.15) is 44.4 Å². The van der Waals surface area contributed by atoms with Gasteiger partial charge in [0.1, 0.15) is 5.75 Å². The molecule has 1 unspecified atom stereocenters. The van der Waals surface area contributed by atoms with Crippen LogP contribution < -0.4 is 4.74 Å². The van der Waals surface area contributed by atoms with Crippen molar-refractivity contribution in [1.29, 1.82) is 0 Å². The molecular formula is C20H25N3O4. The normalized spacial score (nSPS) is 24.7. The minimum absolute atomic E-state index is 0.119. The molecule has 0 saturated carbocycles. The van der Waals surface area contributed by atoms with Crippen LogP contribution in [0.3, 0.4) is 0 Å². The van der Waals surface area contributed by atoms with Crippen molar-refractivity contribution in [3.05, 3.63) is 30.2 Å². The summed E-state index contributed by atoms with van der Waals surface area (Å²) in [6, 6.07) is 7.84. The number of aryl methyl sites for hydroxylation is 1. The van der Waals surface area contributed by atoms with Crippen LogP contribution in [0.5, 0.6) is 5.75 Å². The van der Waals surface area contributed by atoms with Crippen molar-refractivity contribution in [1.82, 2.24) is 15.0 Å². The van der Waals surface area contributed by atoms with Gasteiger partial charge in [-0.2, -0.15) is 4.98 Å². The van der Waals surface area contributed by atoms with Crippen molar-refractivity contribution in [2.75, 3.05) is 7.11 Å². The summed E-state index contributed by atoms with van der Waals surface area (Å²) in [5.74, 6) is 1.72. The Morgan fingerprint density at radius 1 is 1.30 bits per heavy atom. The zero-order valence-corrected chi connectivity index (χ0v) is 15.5. The minimum atomic E-state index is -0.274. The van der Waals surface area contributed by atoms with Crippen LogP contribution >= 0.6 is 0 Å². The predicted molar refractivity (Wildman–Crippen MR) is 98.1 cm³/mol. The van der Waals surface area contributed by atoms with E-state index in [-0.39, 0.29) is 24.1 Å². The number of nitrogens with zero attached hydrogens (tertiary/aromatic N) is 3. The third-order valence-corrected chi connectivity index (χ3v) is 5.61. The monoisotopic (exact) mass is 371 g/mol. The number of benzene rings is 1. The molecule has 1 N–H and O–H groups in total. The lowest BCUT2D eigenvalue weighted by Crippen LogP contribution is -2.55. The summed E-state index contributed by atoms with van der Waals surface area (Å²) in [4.78, 5) is 19.2. The molecule has 0 radical (unpaired) electrons. The van der Waals surface area contributed by atoms with Crippen LogP contribution in [0, 0.1) is 0 Å². The number of aromatic nitrogens is 2. The first kappa shape index (κ1) is 18.0. The van der Waals surface area contributed by atoms with Crippen molar-refractivity contribution in [3.8, 4) is 17.1 Å². The number of fused-ring (bicyclic) bond motifs is 2. The molecule has 2 aromatic rings. The fourth-order valence-corrected chi connectivity index (χ4v) is 4.40. The predicted octanol–water partition coefficient (Wildman–Crippen LogP) is 2.58. The zero-order valence-electron chi connectivity index (χ0n) is 15.5. The number of methoxy groups -OCH3 is 1. The summed E-state index contributed by atoms with van der Waals surface area (Å²) in [5.41, 5.74) is 0.765. The largest absolute Gasteiger partial charge is 0.496 e. The van der Waals surface area contributed by atoms with Gasteiger partial charge in [-0.3, -0.25) is 4.79 Å². The zero-order chi connectivity index (χ0) is 18.8. The Balaban J connectivity index is 1.41.